The number of benzene rings is 2. The summed E-state index contributed by atoms with van der Waals surface area (Å²) in [5, 5.41) is 0. The van der Waals surface area contributed by atoms with E-state index in [2.05, 4.69) is 108 Å². The molecule has 0 heterocycles. The predicted molar refractivity (Wildman–Crippen MR) is 124 cm³/mol. The van der Waals surface area contributed by atoms with Crippen molar-refractivity contribution in [3.63, 3.8) is 0 Å². The molecule has 0 aliphatic rings. The van der Waals surface area contributed by atoms with E-state index < -0.39 is 0 Å². The van der Waals surface area contributed by atoms with E-state index >= 15 is 0 Å². The van der Waals surface area contributed by atoms with Crippen molar-refractivity contribution in [2.24, 2.45) is 0 Å². The normalized spacial score (nSPS) is 13.6. The third kappa shape index (κ3) is 7.18. The lowest BCUT2D eigenvalue weighted by Gasteiger charge is -2.26. The first kappa shape index (κ1) is 21.2. The second kappa shape index (κ2) is 11.5. The fourth-order valence-corrected chi connectivity index (χ4v) is 3.68. The van der Waals surface area contributed by atoms with E-state index in [0.29, 0.717) is 0 Å². The minimum atomic E-state index is 0.179. The fourth-order valence-electron chi connectivity index (χ4n) is 2.96. The van der Waals surface area contributed by atoms with Crippen LogP contribution >= 0.6 is 45.2 Å². The van der Waals surface area contributed by atoms with E-state index in [-0.39, 0.29) is 12.2 Å². The van der Waals surface area contributed by atoms with E-state index in [9.17, 15) is 0 Å². The smallest absolute Gasteiger partial charge is 0.0833 e. The second-order valence-electron chi connectivity index (χ2n) is 6.50. The van der Waals surface area contributed by atoms with Gasteiger partial charge in [0.1, 0.15) is 0 Å². The lowest BCUT2D eigenvalue weighted by molar-refractivity contribution is -0.0260. The van der Waals surface area contributed by atoms with Crippen LogP contribution in [0, 0.1) is 7.14 Å². The average Bonchev–Trinajstić information content (AvgIpc) is 2.63. The molecule has 0 saturated carbocycles. The molecule has 0 aliphatic heterocycles. The summed E-state index contributed by atoms with van der Waals surface area (Å²) in [6.45, 7) is 4.50. The van der Waals surface area contributed by atoms with Crippen LogP contribution in [0.1, 0.15) is 75.7 Å². The Hall–Kier alpha value is -0.140. The van der Waals surface area contributed by atoms with Gasteiger partial charge in [0, 0.05) is 7.14 Å². The Morgan fingerprint density at radius 2 is 1.04 bits per heavy atom. The summed E-state index contributed by atoms with van der Waals surface area (Å²) in [6.07, 6.45) is 7.33. The highest BCUT2D eigenvalue weighted by Gasteiger charge is 2.19. The monoisotopic (exact) mass is 562 g/mol. The third-order valence-electron chi connectivity index (χ3n) is 4.45. The first-order valence-electron chi connectivity index (χ1n) is 9.30. The van der Waals surface area contributed by atoms with Crippen LogP contribution in [-0.2, 0) is 4.74 Å². The van der Waals surface area contributed by atoms with Gasteiger partial charge in [0.2, 0.25) is 0 Å². The minimum Gasteiger partial charge on any atom is -0.366 e. The lowest BCUT2D eigenvalue weighted by Crippen LogP contribution is -2.11. The molecule has 2 atom stereocenters. The molecule has 2 aromatic rings. The maximum absolute atomic E-state index is 6.70. The fraction of sp³-hybridized carbons (Fsp3) is 0.455. The number of rotatable bonds is 10. The van der Waals surface area contributed by atoms with Crippen LogP contribution in [0.15, 0.2) is 48.5 Å². The summed E-state index contributed by atoms with van der Waals surface area (Å²) >= 11 is 4.73. The molecule has 0 amide bonds. The Kier molecular flexibility index (Phi) is 9.78. The summed E-state index contributed by atoms with van der Waals surface area (Å²) in [5.41, 5.74) is 2.61. The van der Waals surface area contributed by atoms with Gasteiger partial charge in [0.25, 0.3) is 0 Å². The topological polar surface area (TPSA) is 9.23 Å². The van der Waals surface area contributed by atoms with Crippen molar-refractivity contribution in [3.05, 3.63) is 66.8 Å². The summed E-state index contributed by atoms with van der Waals surface area (Å²) < 4.78 is 9.25. The number of hydrogen-bond donors (Lipinski definition) is 0. The number of halogens is 2. The highest BCUT2D eigenvalue weighted by atomic mass is 127. The highest BCUT2D eigenvalue weighted by Crippen LogP contribution is 2.34. The van der Waals surface area contributed by atoms with Gasteiger partial charge < -0.3 is 4.74 Å². The molecule has 2 rings (SSSR count). The molecule has 2 unspecified atom stereocenters. The molecule has 0 bridgehead atoms. The van der Waals surface area contributed by atoms with Gasteiger partial charge in [0.15, 0.2) is 0 Å². The van der Waals surface area contributed by atoms with E-state index in [1.165, 1.54) is 44.0 Å². The van der Waals surface area contributed by atoms with Gasteiger partial charge in [-0.25, -0.2) is 0 Å². The largest absolute Gasteiger partial charge is 0.366 e. The summed E-state index contributed by atoms with van der Waals surface area (Å²) in [7, 11) is 0. The standard InChI is InChI=1S/C22H28I2O/c1-3-5-7-21(17-9-13-19(23)14-10-17)25-22(8-6-4-2)18-11-15-20(24)16-12-18/h9-16,21-22H,3-8H2,1-2H3. The van der Waals surface area contributed by atoms with Crippen molar-refractivity contribution in [1.82, 2.24) is 0 Å². The second-order valence-corrected chi connectivity index (χ2v) is 8.99. The summed E-state index contributed by atoms with van der Waals surface area (Å²) in [6, 6.07) is 17.7. The Morgan fingerprint density at radius 3 is 1.36 bits per heavy atom. The van der Waals surface area contributed by atoms with Crippen LogP contribution in [0.25, 0.3) is 0 Å². The zero-order valence-corrected chi connectivity index (χ0v) is 19.5. The van der Waals surface area contributed by atoms with Gasteiger partial charge >= 0.3 is 0 Å². The number of ether oxygens (including phenoxy) is 1. The zero-order valence-electron chi connectivity index (χ0n) is 15.2. The van der Waals surface area contributed by atoms with Crippen LogP contribution in [0.4, 0.5) is 0 Å². The van der Waals surface area contributed by atoms with Gasteiger partial charge in [-0.05, 0) is 93.4 Å². The van der Waals surface area contributed by atoms with Crippen molar-refractivity contribution >= 4 is 45.2 Å². The molecule has 0 fully saturated rings. The molecule has 0 aromatic heterocycles. The van der Waals surface area contributed by atoms with Crippen molar-refractivity contribution in [3.8, 4) is 0 Å². The van der Waals surface area contributed by atoms with E-state index in [1.54, 1.807) is 0 Å². The molecular weight excluding hydrogens is 534 g/mol. The Labute approximate surface area is 180 Å². The van der Waals surface area contributed by atoms with Gasteiger partial charge in [-0.15, -0.1) is 0 Å². The van der Waals surface area contributed by atoms with Gasteiger partial charge in [-0.3, -0.25) is 0 Å². The first-order chi connectivity index (χ1) is 12.1. The van der Waals surface area contributed by atoms with E-state index in [1.807, 2.05) is 0 Å². The Morgan fingerprint density at radius 1 is 0.680 bits per heavy atom. The molecule has 0 N–H and O–H groups in total. The van der Waals surface area contributed by atoms with Crippen LogP contribution in [0.5, 0.6) is 0 Å². The van der Waals surface area contributed by atoms with Crippen LogP contribution in [-0.4, -0.2) is 0 Å². The predicted octanol–water partition coefficient (Wildman–Crippen LogP) is 8.08. The van der Waals surface area contributed by atoms with Gasteiger partial charge in [-0.1, -0.05) is 63.8 Å². The van der Waals surface area contributed by atoms with Crippen LogP contribution in [0.2, 0.25) is 0 Å². The molecule has 0 spiro atoms. The molecule has 1 nitrogen and oxygen atoms in total. The van der Waals surface area contributed by atoms with E-state index in [4.69, 9.17) is 4.74 Å². The number of unbranched alkanes of at least 4 members (excludes halogenated alkanes) is 2. The van der Waals surface area contributed by atoms with E-state index in [0.717, 1.165) is 12.8 Å². The van der Waals surface area contributed by atoms with Gasteiger partial charge in [-0.2, -0.15) is 0 Å². The van der Waals surface area contributed by atoms with Crippen LogP contribution in [0.3, 0.4) is 0 Å². The van der Waals surface area contributed by atoms with Crippen molar-refractivity contribution < 1.29 is 4.74 Å². The average molecular weight is 562 g/mol. The number of hydrogen-bond acceptors (Lipinski definition) is 1. The third-order valence-corrected chi connectivity index (χ3v) is 5.89. The SMILES string of the molecule is CCCCC(OC(CCCC)c1ccc(I)cc1)c1ccc(I)cc1. The summed E-state index contributed by atoms with van der Waals surface area (Å²) in [5.74, 6) is 0. The Balaban J connectivity index is 2.20. The maximum atomic E-state index is 6.70. The molecule has 25 heavy (non-hydrogen) atoms. The Bertz CT molecular complexity index is 551. The summed E-state index contributed by atoms with van der Waals surface area (Å²) in [4.78, 5) is 0. The molecule has 2 aromatic carbocycles. The molecule has 3 heteroatoms. The van der Waals surface area contributed by atoms with Crippen molar-refractivity contribution in [1.29, 1.82) is 0 Å². The maximum Gasteiger partial charge on any atom is 0.0833 e. The lowest BCUT2D eigenvalue weighted by atomic mass is 10.0. The molecule has 0 radical (unpaired) electrons. The molecular formula is C22H28I2O. The van der Waals surface area contributed by atoms with Crippen LogP contribution < -0.4 is 0 Å². The van der Waals surface area contributed by atoms with Crippen molar-refractivity contribution in [2.45, 2.75) is 64.6 Å². The zero-order chi connectivity index (χ0) is 18.1. The highest BCUT2D eigenvalue weighted by molar-refractivity contribution is 14.1. The molecule has 0 saturated heterocycles. The molecule has 136 valence electrons. The first-order valence-corrected chi connectivity index (χ1v) is 11.5. The minimum absolute atomic E-state index is 0.179. The quantitative estimate of drug-likeness (QED) is 0.266. The molecule has 0 aliphatic carbocycles. The van der Waals surface area contributed by atoms with Crippen molar-refractivity contribution in [2.75, 3.05) is 0 Å². The van der Waals surface area contributed by atoms with Gasteiger partial charge in [0.05, 0.1) is 12.2 Å².